The predicted molar refractivity (Wildman–Crippen MR) is 165 cm³/mol. The first-order valence-corrected chi connectivity index (χ1v) is 14.6. The topological polar surface area (TPSA) is 82.5 Å². The summed E-state index contributed by atoms with van der Waals surface area (Å²) < 4.78 is 5.59. The Labute approximate surface area is 244 Å². The summed E-state index contributed by atoms with van der Waals surface area (Å²) in [5, 5.41) is 0.478. The van der Waals surface area contributed by atoms with E-state index in [1.54, 1.807) is 17.9 Å². The van der Waals surface area contributed by atoms with Crippen molar-refractivity contribution in [3.8, 4) is 5.75 Å². The van der Waals surface area contributed by atoms with Gasteiger partial charge in [0.1, 0.15) is 11.4 Å². The lowest BCUT2D eigenvalue weighted by molar-refractivity contribution is -0.128. The van der Waals surface area contributed by atoms with E-state index in [9.17, 15) is 14.4 Å². The van der Waals surface area contributed by atoms with E-state index in [-0.39, 0.29) is 23.4 Å². The molecule has 0 radical (unpaired) electrons. The number of nitrogens with zero attached hydrogens (tertiary/aromatic N) is 4. The van der Waals surface area contributed by atoms with Crippen LogP contribution in [0.25, 0.3) is 6.08 Å². The summed E-state index contributed by atoms with van der Waals surface area (Å²) in [4.78, 5) is 48.5. The highest BCUT2D eigenvalue weighted by molar-refractivity contribution is 8.14. The van der Waals surface area contributed by atoms with Crippen molar-refractivity contribution in [1.82, 2.24) is 4.90 Å². The van der Waals surface area contributed by atoms with Gasteiger partial charge in [-0.2, -0.15) is 0 Å². The molecule has 2 aliphatic heterocycles. The zero-order chi connectivity index (χ0) is 28.8. The van der Waals surface area contributed by atoms with Crippen LogP contribution in [-0.2, 0) is 9.59 Å². The van der Waals surface area contributed by atoms with Gasteiger partial charge in [-0.1, -0.05) is 42.1 Å². The Morgan fingerprint density at radius 2 is 1.66 bits per heavy atom. The van der Waals surface area contributed by atoms with Gasteiger partial charge < -0.3 is 14.5 Å². The Bertz CT molecular complexity index is 1480. The van der Waals surface area contributed by atoms with Crippen LogP contribution in [0.2, 0.25) is 0 Å². The van der Waals surface area contributed by atoms with Crippen molar-refractivity contribution >= 4 is 52.0 Å². The Morgan fingerprint density at radius 1 is 0.927 bits per heavy atom. The van der Waals surface area contributed by atoms with E-state index in [1.165, 1.54) is 11.8 Å². The number of benzene rings is 3. The van der Waals surface area contributed by atoms with Crippen LogP contribution in [0.5, 0.6) is 5.75 Å². The smallest absolute Gasteiger partial charge is 0.283 e. The quantitative estimate of drug-likeness (QED) is 0.277. The molecule has 9 heteroatoms. The Kier molecular flexibility index (Phi) is 8.84. The van der Waals surface area contributed by atoms with Crippen LogP contribution in [0.1, 0.15) is 29.8 Å². The number of para-hydroxylation sites is 1. The number of ether oxygens (including phenoxy) is 1. The number of anilines is 2. The summed E-state index contributed by atoms with van der Waals surface area (Å²) in [7, 11) is 0. The third-order valence-electron chi connectivity index (χ3n) is 6.91. The van der Waals surface area contributed by atoms with Gasteiger partial charge in [0.25, 0.3) is 5.91 Å². The number of piperazine rings is 1. The summed E-state index contributed by atoms with van der Waals surface area (Å²) in [5.41, 5.74) is 3.55. The van der Waals surface area contributed by atoms with E-state index in [1.807, 2.05) is 90.7 Å². The van der Waals surface area contributed by atoms with Crippen LogP contribution in [0, 0.1) is 0 Å². The molecule has 210 valence electrons. The molecule has 0 bridgehead atoms. The minimum absolute atomic E-state index is 0.00610. The van der Waals surface area contributed by atoms with Gasteiger partial charge in [0.15, 0.2) is 11.0 Å². The first-order valence-electron chi connectivity index (χ1n) is 13.6. The van der Waals surface area contributed by atoms with Gasteiger partial charge in [-0.05, 0) is 74.0 Å². The number of rotatable bonds is 8. The average molecular weight is 569 g/mol. The summed E-state index contributed by atoms with van der Waals surface area (Å²) in [6, 6.07) is 24.5. The SMILES string of the molecule is CCOc1cccc(C=C2N=C(SCC(=O)N3CCN(c4ccc(C(C)=O)cc4)CC3)N(c3ccccc3)C2=O)c1. The lowest BCUT2D eigenvalue weighted by Gasteiger charge is -2.36. The maximum Gasteiger partial charge on any atom is 0.283 e. The summed E-state index contributed by atoms with van der Waals surface area (Å²) in [6.07, 6.45) is 1.75. The van der Waals surface area contributed by atoms with Crippen molar-refractivity contribution in [1.29, 1.82) is 0 Å². The standard InChI is InChI=1S/C32H32N4O4S/c1-3-40-28-11-7-8-24(20-28)21-29-31(39)36(27-9-5-4-6-10-27)32(33-29)41-22-30(38)35-18-16-34(17-19-35)26-14-12-25(13-15-26)23(2)37/h4-15,20-21H,3,16-19,22H2,1-2H3. The molecule has 2 aliphatic rings. The Morgan fingerprint density at radius 3 is 2.34 bits per heavy atom. The predicted octanol–water partition coefficient (Wildman–Crippen LogP) is 5.11. The molecule has 3 aromatic carbocycles. The fourth-order valence-corrected chi connectivity index (χ4v) is 5.67. The lowest BCUT2D eigenvalue weighted by atomic mass is 10.1. The highest BCUT2D eigenvalue weighted by Crippen LogP contribution is 2.30. The second-order valence-electron chi connectivity index (χ2n) is 9.67. The number of thioether (sulfide) groups is 1. The van der Waals surface area contributed by atoms with E-state index < -0.39 is 0 Å². The Balaban J connectivity index is 1.26. The zero-order valence-electron chi connectivity index (χ0n) is 23.2. The van der Waals surface area contributed by atoms with Crippen LogP contribution in [0.15, 0.2) is 89.6 Å². The molecule has 2 heterocycles. The number of ketones is 1. The fourth-order valence-electron chi connectivity index (χ4n) is 4.76. The monoisotopic (exact) mass is 568 g/mol. The van der Waals surface area contributed by atoms with Crippen LogP contribution < -0.4 is 14.5 Å². The van der Waals surface area contributed by atoms with Gasteiger partial charge >= 0.3 is 0 Å². The zero-order valence-corrected chi connectivity index (χ0v) is 24.0. The number of aliphatic imine (C=N–C) groups is 1. The van der Waals surface area contributed by atoms with Gasteiger partial charge in [0.2, 0.25) is 5.91 Å². The van der Waals surface area contributed by atoms with Gasteiger partial charge in [-0.15, -0.1) is 0 Å². The van der Waals surface area contributed by atoms with E-state index in [0.717, 1.165) is 17.0 Å². The molecule has 0 N–H and O–H groups in total. The molecule has 0 aliphatic carbocycles. The normalized spacial score (nSPS) is 16.2. The fraction of sp³-hybridized carbons (Fsp3) is 0.250. The number of hydrogen-bond acceptors (Lipinski definition) is 7. The lowest BCUT2D eigenvalue weighted by Crippen LogP contribution is -2.49. The second-order valence-corrected chi connectivity index (χ2v) is 10.6. The molecule has 0 spiro atoms. The van der Waals surface area contributed by atoms with E-state index in [2.05, 4.69) is 9.89 Å². The Hall–Kier alpha value is -4.37. The molecule has 0 atom stereocenters. The van der Waals surface area contributed by atoms with Crippen molar-refractivity contribution in [2.24, 2.45) is 4.99 Å². The molecular weight excluding hydrogens is 536 g/mol. The number of carbonyl (C=O) groups excluding carboxylic acids is 3. The van der Waals surface area contributed by atoms with E-state index in [4.69, 9.17) is 4.74 Å². The second kappa shape index (κ2) is 12.9. The molecule has 0 aromatic heterocycles. The molecular formula is C32H32N4O4S. The third-order valence-corrected chi connectivity index (χ3v) is 7.84. The van der Waals surface area contributed by atoms with Crippen LogP contribution >= 0.6 is 11.8 Å². The number of hydrogen-bond donors (Lipinski definition) is 0. The van der Waals surface area contributed by atoms with Crippen molar-refractivity contribution in [2.75, 3.05) is 48.3 Å². The van der Waals surface area contributed by atoms with Crippen molar-refractivity contribution in [3.05, 3.63) is 95.7 Å². The molecule has 3 aromatic rings. The van der Waals surface area contributed by atoms with Crippen molar-refractivity contribution in [3.63, 3.8) is 0 Å². The minimum Gasteiger partial charge on any atom is -0.494 e. The van der Waals surface area contributed by atoms with Crippen LogP contribution in [0.3, 0.4) is 0 Å². The maximum atomic E-state index is 13.5. The summed E-state index contributed by atoms with van der Waals surface area (Å²) >= 11 is 1.27. The highest BCUT2D eigenvalue weighted by Gasteiger charge is 2.33. The summed E-state index contributed by atoms with van der Waals surface area (Å²) in [6.45, 7) is 6.65. The largest absolute Gasteiger partial charge is 0.494 e. The highest BCUT2D eigenvalue weighted by atomic mass is 32.2. The first kappa shape index (κ1) is 28.2. The maximum absolute atomic E-state index is 13.5. The molecule has 41 heavy (non-hydrogen) atoms. The third kappa shape index (κ3) is 6.69. The number of Topliss-reactive ketones (excluding diaryl/α,β-unsaturated/α-hetero) is 1. The van der Waals surface area contributed by atoms with Gasteiger partial charge in [0, 0.05) is 37.4 Å². The van der Waals surface area contributed by atoms with Crippen molar-refractivity contribution < 1.29 is 19.1 Å². The average Bonchev–Trinajstić information content (AvgIpc) is 3.31. The molecule has 0 unspecified atom stereocenters. The molecule has 1 fully saturated rings. The van der Waals surface area contributed by atoms with Gasteiger partial charge in [-0.25, -0.2) is 4.99 Å². The van der Waals surface area contributed by atoms with E-state index in [0.29, 0.717) is 54.9 Å². The molecule has 8 nitrogen and oxygen atoms in total. The van der Waals surface area contributed by atoms with Crippen LogP contribution in [0.4, 0.5) is 11.4 Å². The summed E-state index contributed by atoms with van der Waals surface area (Å²) in [5.74, 6) is 0.714. The molecule has 1 saturated heterocycles. The number of amidine groups is 1. The molecule has 2 amide bonds. The first-order chi connectivity index (χ1) is 19.9. The number of carbonyl (C=O) groups is 3. The van der Waals surface area contributed by atoms with Gasteiger partial charge in [-0.3, -0.25) is 19.3 Å². The molecule has 5 rings (SSSR count). The van der Waals surface area contributed by atoms with Gasteiger partial charge in [0.05, 0.1) is 18.0 Å². The molecule has 0 saturated carbocycles. The van der Waals surface area contributed by atoms with Crippen LogP contribution in [-0.4, -0.2) is 66.2 Å². The van der Waals surface area contributed by atoms with E-state index >= 15 is 0 Å². The number of amides is 2. The van der Waals surface area contributed by atoms with Crippen molar-refractivity contribution in [2.45, 2.75) is 13.8 Å². The minimum atomic E-state index is -0.239.